The summed E-state index contributed by atoms with van der Waals surface area (Å²) < 4.78 is 11.2. The highest BCUT2D eigenvalue weighted by molar-refractivity contribution is 6.32. The zero-order valence-corrected chi connectivity index (χ0v) is 11.0. The highest BCUT2D eigenvalue weighted by atomic mass is 35.5. The molecule has 0 unspecified atom stereocenters. The van der Waals surface area contributed by atoms with Crippen LogP contribution in [0.15, 0.2) is 24.5 Å². The molecule has 1 aliphatic rings. The van der Waals surface area contributed by atoms with Gasteiger partial charge in [-0.2, -0.15) is 5.10 Å². The first-order valence-corrected chi connectivity index (χ1v) is 6.51. The Morgan fingerprint density at radius 3 is 3.05 bits per heavy atom. The number of ether oxygens (including phenoxy) is 2. The standard InChI is InChI=1S/C13H14ClN3O2/c14-11-4-9(6-15-10-7-16-17-8-10)5-12-13(11)19-3-1-2-18-12/h4-5,7-8,15H,1-3,6H2,(H,16,17). The van der Waals surface area contributed by atoms with Crippen LogP contribution in [-0.2, 0) is 6.54 Å². The van der Waals surface area contributed by atoms with Crippen LogP contribution < -0.4 is 14.8 Å². The second-order valence-corrected chi connectivity index (χ2v) is 4.70. The molecule has 1 aromatic carbocycles. The van der Waals surface area contributed by atoms with Crippen LogP contribution >= 0.6 is 11.6 Å². The van der Waals surface area contributed by atoms with E-state index in [1.165, 1.54) is 0 Å². The number of nitrogens with zero attached hydrogens (tertiary/aromatic N) is 1. The van der Waals surface area contributed by atoms with E-state index in [9.17, 15) is 0 Å². The van der Waals surface area contributed by atoms with Crippen molar-refractivity contribution in [3.63, 3.8) is 0 Å². The van der Waals surface area contributed by atoms with E-state index in [4.69, 9.17) is 21.1 Å². The maximum absolute atomic E-state index is 6.23. The van der Waals surface area contributed by atoms with Crippen LogP contribution in [-0.4, -0.2) is 23.4 Å². The second kappa shape index (κ2) is 5.40. The van der Waals surface area contributed by atoms with Crippen LogP contribution in [0.1, 0.15) is 12.0 Å². The number of aromatic nitrogens is 2. The molecule has 0 spiro atoms. The van der Waals surface area contributed by atoms with E-state index in [1.54, 1.807) is 12.4 Å². The summed E-state index contributed by atoms with van der Waals surface area (Å²) in [6.45, 7) is 1.94. The van der Waals surface area contributed by atoms with Crippen LogP contribution in [0.5, 0.6) is 11.5 Å². The molecule has 6 heteroatoms. The number of anilines is 1. The smallest absolute Gasteiger partial charge is 0.179 e. The summed E-state index contributed by atoms with van der Waals surface area (Å²) in [6.07, 6.45) is 4.39. The van der Waals surface area contributed by atoms with Crippen molar-refractivity contribution in [2.24, 2.45) is 0 Å². The second-order valence-electron chi connectivity index (χ2n) is 4.30. The van der Waals surface area contributed by atoms with Crippen LogP contribution in [0.2, 0.25) is 5.02 Å². The predicted molar refractivity (Wildman–Crippen MR) is 73.0 cm³/mol. The lowest BCUT2D eigenvalue weighted by molar-refractivity contribution is 0.297. The molecule has 1 aliphatic heterocycles. The number of hydrogen-bond acceptors (Lipinski definition) is 4. The summed E-state index contributed by atoms with van der Waals surface area (Å²) in [4.78, 5) is 0. The van der Waals surface area contributed by atoms with Crippen molar-refractivity contribution in [3.05, 3.63) is 35.1 Å². The van der Waals surface area contributed by atoms with Gasteiger partial charge in [0.05, 0.1) is 30.1 Å². The van der Waals surface area contributed by atoms with Gasteiger partial charge in [0.25, 0.3) is 0 Å². The van der Waals surface area contributed by atoms with Crippen LogP contribution in [0.4, 0.5) is 5.69 Å². The van der Waals surface area contributed by atoms with Gasteiger partial charge in [-0.15, -0.1) is 0 Å². The Hall–Kier alpha value is -1.88. The summed E-state index contributed by atoms with van der Waals surface area (Å²) in [7, 11) is 0. The molecule has 5 nitrogen and oxygen atoms in total. The fraction of sp³-hybridized carbons (Fsp3) is 0.308. The Balaban J connectivity index is 1.79. The van der Waals surface area contributed by atoms with Gasteiger partial charge in [0.2, 0.25) is 0 Å². The van der Waals surface area contributed by atoms with Crippen molar-refractivity contribution in [3.8, 4) is 11.5 Å². The maximum Gasteiger partial charge on any atom is 0.179 e. The van der Waals surface area contributed by atoms with E-state index in [2.05, 4.69) is 15.5 Å². The summed E-state index contributed by atoms with van der Waals surface area (Å²) in [6, 6.07) is 3.85. The van der Waals surface area contributed by atoms with Gasteiger partial charge in [0, 0.05) is 19.2 Å². The largest absolute Gasteiger partial charge is 0.489 e. The quantitative estimate of drug-likeness (QED) is 0.907. The molecule has 0 bridgehead atoms. The third kappa shape index (κ3) is 2.76. The Bertz CT molecular complexity index is 557. The highest BCUT2D eigenvalue weighted by Gasteiger charge is 2.15. The first-order chi connectivity index (χ1) is 9.33. The number of benzene rings is 1. The molecule has 2 N–H and O–H groups in total. The molecular weight excluding hydrogens is 266 g/mol. The average Bonchev–Trinajstić information content (AvgIpc) is 2.81. The lowest BCUT2D eigenvalue weighted by Crippen LogP contribution is -2.00. The van der Waals surface area contributed by atoms with Crippen molar-refractivity contribution in [1.29, 1.82) is 0 Å². The molecule has 0 aliphatic carbocycles. The number of fused-ring (bicyclic) bond motifs is 1. The molecule has 0 saturated carbocycles. The number of halogens is 1. The fourth-order valence-corrected chi connectivity index (χ4v) is 2.23. The molecule has 3 rings (SSSR count). The number of H-pyrrole nitrogens is 1. The van der Waals surface area contributed by atoms with Crippen molar-refractivity contribution in [1.82, 2.24) is 10.2 Å². The number of rotatable bonds is 3. The van der Waals surface area contributed by atoms with E-state index in [0.29, 0.717) is 36.3 Å². The normalized spacial score (nSPS) is 13.9. The van der Waals surface area contributed by atoms with Gasteiger partial charge < -0.3 is 14.8 Å². The first kappa shape index (κ1) is 12.2. The lowest BCUT2D eigenvalue weighted by Gasteiger charge is -2.12. The van der Waals surface area contributed by atoms with Crippen molar-refractivity contribution < 1.29 is 9.47 Å². The molecule has 0 saturated heterocycles. The van der Waals surface area contributed by atoms with Gasteiger partial charge in [-0.05, 0) is 17.7 Å². The molecule has 19 heavy (non-hydrogen) atoms. The Kier molecular flexibility index (Phi) is 3.46. The Labute approximate surface area is 115 Å². The highest BCUT2D eigenvalue weighted by Crippen LogP contribution is 2.38. The minimum absolute atomic E-state index is 0.586. The molecule has 2 heterocycles. The maximum atomic E-state index is 6.23. The number of aromatic amines is 1. The monoisotopic (exact) mass is 279 g/mol. The van der Waals surface area contributed by atoms with Gasteiger partial charge in [-0.25, -0.2) is 0 Å². The predicted octanol–water partition coefficient (Wildman–Crippen LogP) is 2.84. The average molecular weight is 280 g/mol. The molecular formula is C13H14ClN3O2. The number of nitrogens with one attached hydrogen (secondary N) is 2. The third-order valence-electron chi connectivity index (χ3n) is 2.86. The van der Waals surface area contributed by atoms with Crippen molar-refractivity contribution in [2.75, 3.05) is 18.5 Å². The summed E-state index contributed by atoms with van der Waals surface area (Å²) in [5, 5.41) is 10.5. The molecule has 0 amide bonds. The summed E-state index contributed by atoms with van der Waals surface area (Å²) in [5.74, 6) is 1.36. The van der Waals surface area contributed by atoms with Crippen LogP contribution in [0.3, 0.4) is 0 Å². The molecule has 1 aromatic heterocycles. The van der Waals surface area contributed by atoms with Gasteiger partial charge >= 0.3 is 0 Å². The van der Waals surface area contributed by atoms with Crippen molar-refractivity contribution in [2.45, 2.75) is 13.0 Å². The summed E-state index contributed by atoms with van der Waals surface area (Å²) in [5.41, 5.74) is 1.97. The van der Waals surface area contributed by atoms with Crippen molar-refractivity contribution >= 4 is 17.3 Å². The molecule has 100 valence electrons. The SMILES string of the molecule is Clc1cc(CNc2cn[nH]c2)cc2c1OCCCO2. The van der Waals surface area contributed by atoms with Gasteiger partial charge in [-0.3, -0.25) is 5.10 Å². The van der Waals surface area contributed by atoms with E-state index < -0.39 is 0 Å². The Morgan fingerprint density at radius 1 is 1.32 bits per heavy atom. The summed E-state index contributed by atoms with van der Waals surface area (Å²) >= 11 is 6.23. The third-order valence-corrected chi connectivity index (χ3v) is 3.14. The van der Waals surface area contributed by atoms with E-state index in [1.807, 2.05) is 12.1 Å². The van der Waals surface area contributed by atoms with E-state index in [-0.39, 0.29) is 0 Å². The van der Waals surface area contributed by atoms with Gasteiger partial charge in [0.1, 0.15) is 0 Å². The van der Waals surface area contributed by atoms with E-state index in [0.717, 1.165) is 17.7 Å². The molecule has 0 radical (unpaired) electrons. The minimum Gasteiger partial charge on any atom is -0.489 e. The zero-order chi connectivity index (χ0) is 13.1. The molecule has 0 fully saturated rings. The zero-order valence-electron chi connectivity index (χ0n) is 10.3. The van der Waals surface area contributed by atoms with Crippen LogP contribution in [0, 0.1) is 0 Å². The molecule has 2 aromatic rings. The first-order valence-electron chi connectivity index (χ1n) is 6.13. The minimum atomic E-state index is 0.586. The fourth-order valence-electron chi connectivity index (χ4n) is 1.94. The van der Waals surface area contributed by atoms with Crippen LogP contribution in [0.25, 0.3) is 0 Å². The topological polar surface area (TPSA) is 59.2 Å². The Morgan fingerprint density at radius 2 is 2.21 bits per heavy atom. The number of hydrogen-bond donors (Lipinski definition) is 2. The molecule has 0 atom stereocenters. The van der Waals surface area contributed by atoms with Gasteiger partial charge in [-0.1, -0.05) is 11.6 Å². The van der Waals surface area contributed by atoms with E-state index >= 15 is 0 Å². The lowest BCUT2D eigenvalue weighted by atomic mass is 10.2. The van der Waals surface area contributed by atoms with Gasteiger partial charge in [0.15, 0.2) is 11.5 Å².